The Morgan fingerprint density at radius 1 is 0.886 bits per heavy atom. The van der Waals surface area contributed by atoms with E-state index in [1.165, 1.54) is 0 Å². The van der Waals surface area contributed by atoms with E-state index in [1.54, 1.807) is 0 Å². The van der Waals surface area contributed by atoms with Gasteiger partial charge < -0.3 is 19.4 Å². The fraction of sp³-hybridized carbons (Fsp3) is 0.241. The van der Waals surface area contributed by atoms with Crippen molar-refractivity contribution in [1.29, 1.82) is 0 Å². The van der Waals surface area contributed by atoms with Crippen LogP contribution in [0.4, 0.5) is 0 Å². The number of ether oxygens (including phenoxy) is 2. The summed E-state index contributed by atoms with van der Waals surface area (Å²) in [5, 5.41) is 0. The van der Waals surface area contributed by atoms with E-state index in [4.69, 9.17) is 14.5 Å². The monoisotopic (exact) mass is 462 g/mol. The molecule has 2 aliphatic rings. The Balaban J connectivity index is 1.32. The lowest BCUT2D eigenvalue weighted by atomic mass is 9.87. The Hall–Kier alpha value is -4.06. The highest BCUT2D eigenvalue weighted by molar-refractivity contribution is 5.90. The molecule has 0 amide bonds. The van der Waals surface area contributed by atoms with Crippen LogP contribution in [0.15, 0.2) is 48.7 Å². The molecule has 6 heteroatoms. The Morgan fingerprint density at radius 2 is 1.60 bits per heavy atom. The highest BCUT2D eigenvalue weighted by atomic mass is 16.5. The minimum atomic E-state index is 0.414. The number of fused-ring (bicyclic) bond motifs is 1. The molecular weight excluding hydrogens is 436 g/mol. The number of H-pyrrole nitrogens is 2. The fourth-order valence-electron chi connectivity index (χ4n) is 5.21. The molecular formula is C29H26N4O2. The predicted molar refractivity (Wildman–Crippen MR) is 137 cm³/mol. The maximum absolute atomic E-state index is 6.31. The van der Waals surface area contributed by atoms with Crippen LogP contribution in [0.25, 0.3) is 44.5 Å². The molecule has 2 aliphatic heterocycles. The summed E-state index contributed by atoms with van der Waals surface area (Å²) >= 11 is 0. The van der Waals surface area contributed by atoms with Crippen LogP contribution in [0.1, 0.15) is 49.0 Å². The lowest BCUT2D eigenvalue weighted by Gasteiger charge is -2.30. The summed E-state index contributed by atoms with van der Waals surface area (Å²) in [7, 11) is 0. The van der Waals surface area contributed by atoms with E-state index in [1.807, 2.05) is 13.1 Å². The number of aromatic nitrogens is 4. The number of nitrogens with one attached hydrogen (secondary N) is 2. The van der Waals surface area contributed by atoms with Crippen molar-refractivity contribution in [2.45, 2.75) is 46.3 Å². The zero-order valence-corrected chi connectivity index (χ0v) is 20.0. The number of aromatic amines is 2. The van der Waals surface area contributed by atoms with Gasteiger partial charge in [-0.25, -0.2) is 9.97 Å². The minimum absolute atomic E-state index is 0.414. The van der Waals surface area contributed by atoms with Crippen LogP contribution in [0.3, 0.4) is 0 Å². The number of rotatable bonds is 4. The average molecular weight is 463 g/mol. The normalized spacial score (nSPS) is 14.4. The average Bonchev–Trinajstić information content (AvgIpc) is 3.52. The molecule has 0 aliphatic carbocycles. The lowest BCUT2D eigenvalue weighted by molar-refractivity contribution is 0.278. The number of nitrogens with zero attached hydrogens (tertiary/aromatic N) is 2. The van der Waals surface area contributed by atoms with Crippen molar-refractivity contribution in [3.8, 4) is 45.0 Å². The number of imidazole rings is 2. The van der Waals surface area contributed by atoms with Gasteiger partial charge in [0.15, 0.2) is 0 Å². The summed E-state index contributed by atoms with van der Waals surface area (Å²) in [5.74, 6) is 4.19. The van der Waals surface area contributed by atoms with Gasteiger partial charge >= 0.3 is 0 Å². The van der Waals surface area contributed by atoms with Crippen LogP contribution in [-0.2, 0) is 13.2 Å². The Bertz CT molecular complexity index is 1580. The van der Waals surface area contributed by atoms with E-state index >= 15 is 0 Å². The molecule has 7 rings (SSSR count). The standard InChI is InChI=1S/C29H26N4O2/c1-4-15(2)29-32-22-6-5-17(9-23(22)33-29)18-7-20-13-35-26-11-19(24-12-30-16(3)31-24)8-21-14-34-25(10-18)27(20)28(21)26/h5-12,15H,4,13-14H2,1-3H3,(H,30,31)(H,32,33). The van der Waals surface area contributed by atoms with Crippen molar-refractivity contribution in [3.63, 3.8) is 0 Å². The maximum Gasteiger partial charge on any atom is 0.128 e. The molecule has 35 heavy (non-hydrogen) atoms. The Labute approximate surface area is 203 Å². The second-order valence-electron chi connectivity index (χ2n) is 9.64. The van der Waals surface area contributed by atoms with Gasteiger partial charge in [0, 0.05) is 33.7 Å². The second kappa shape index (κ2) is 7.47. The highest BCUT2D eigenvalue weighted by Gasteiger charge is 2.30. The van der Waals surface area contributed by atoms with E-state index in [0.717, 1.165) is 85.2 Å². The van der Waals surface area contributed by atoms with Crippen molar-refractivity contribution in [2.75, 3.05) is 0 Å². The zero-order valence-electron chi connectivity index (χ0n) is 20.0. The first kappa shape index (κ1) is 20.3. The van der Waals surface area contributed by atoms with Gasteiger partial charge in [-0.05, 0) is 60.9 Å². The van der Waals surface area contributed by atoms with Gasteiger partial charge in [-0.3, -0.25) is 0 Å². The molecule has 2 aromatic heterocycles. The predicted octanol–water partition coefficient (Wildman–Crippen LogP) is 6.89. The topological polar surface area (TPSA) is 75.8 Å². The smallest absolute Gasteiger partial charge is 0.128 e. The van der Waals surface area contributed by atoms with Crippen LogP contribution in [0.5, 0.6) is 11.5 Å². The van der Waals surface area contributed by atoms with Gasteiger partial charge in [0.1, 0.15) is 36.4 Å². The van der Waals surface area contributed by atoms with Crippen molar-refractivity contribution < 1.29 is 9.47 Å². The zero-order chi connectivity index (χ0) is 23.7. The molecule has 0 spiro atoms. The van der Waals surface area contributed by atoms with Crippen LogP contribution < -0.4 is 9.47 Å². The van der Waals surface area contributed by atoms with E-state index < -0.39 is 0 Å². The first-order valence-electron chi connectivity index (χ1n) is 12.2. The highest BCUT2D eigenvalue weighted by Crippen LogP contribution is 2.50. The largest absolute Gasteiger partial charge is 0.488 e. The summed E-state index contributed by atoms with van der Waals surface area (Å²) in [6, 6.07) is 15.1. The summed E-state index contributed by atoms with van der Waals surface area (Å²) in [4.78, 5) is 16.0. The summed E-state index contributed by atoms with van der Waals surface area (Å²) in [6.45, 7) is 7.38. The molecule has 2 N–H and O–H groups in total. The number of aryl methyl sites for hydroxylation is 1. The summed E-state index contributed by atoms with van der Waals surface area (Å²) in [6.07, 6.45) is 2.93. The first-order valence-corrected chi connectivity index (χ1v) is 12.2. The van der Waals surface area contributed by atoms with Gasteiger partial charge in [-0.1, -0.05) is 19.9 Å². The summed E-state index contributed by atoms with van der Waals surface area (Å²) in [5.41, 5.74) is 11.0. The third-order valence-corrected chi connectivity index (χ3v) is 7.31. The third kappa shape index (κ3) is 3.16. The van der Waals surface area contributed by atoms with E-state index in [0.29, 0.717) is 19.1 Å². The van der Waals surface area contributed by atoms with Gasteiger partial charge in [-0.2, -0.15) is 0 Å². The van der Waals surface area contributed by atoms with Gasteiger partial charge in [0.05, 0.1) is 22.9 Å². The molecule has 0 fully saturated rings. The van der Waals surface area contributed by atoms with Crippen LogP contribution in [0.2, 0.25) is 0 Å². The molecule has 3 aromatic carbocycles. The van der Waals surface area contributed by atoms with Crippen LogP contribution >= 0.6 is 0 Å². The van der Waals surface area contributed by atoms with Crippen molar-refractivity contribution in [3.05, 3.63) is 71.4 Å². The second-order valence-corrected chi connectivity index (χ2v) is 9.64. The molecule has 5 aromatic rings. The molecule has 1 unspecified atom stereocenters. The number of hydrogen-bond acceptors (Lipinski definition) is 4. The summed E-state index contributed by atoms with van der Waals surface area (Å²) < 4.78 is 12.6. The van der Waals surface area contributed by atoms with Gasteiger partial charge in [-0.15, -0.1) is 0 Å². The van der Waals surface area contributed by atoms with Gasteiger partial charge in [0.25, 0.3) is 0 Å². The molecule has 174 valence electrons. The molecule has 6 nitrogen and oxygen atoms in total. The SMILES string of the molecule is CCC(C)c1nc2ccc(-c3cc4c5c(c3)OCc3cc(-c6cnc(C)[nH]6)cc(c3-5)OC4)cc2[nH]1. The number of hydrogen-bond donors (Lipinski definition) is 2. The Kier molecular flexibility index (Phi) is 4.34. The van der Waals surface area contributed by atoms with Gasteiger partial charge in [0.2, 0.25) is 0 Å². The Morgan fingerprint density at radius 3 is 2.29 bits per heavy atom. The number of benzene rings is 3. The fourth-order valence-corrected chi connectivity index (χ4v) is 5.21. The molecule has 0 radical (unpaired) electrons. The maximum atomic E-state index is 6.31. The van der Waals surface area contributed by atoms with Crippen molar-refractivity contribution >= 4 is 11.0 Å². The van der Waals surface area contributed by atoms with E-state index in [-0.39, 0.29) is 0 Å². The van der Waals surface area contributed by atoms with E-state index in [2.05, 4.69) is 71.3 Å². The molecule has 4 heterocycles. The molecule has 0 saturated heterocycles. The molecule has 0 saturated carbocycles. The molecule has 0 bridgehead atoms. The lowest BCUT2D eigenvalue weighted by Crippen LogP contribution is -2.14. The third-order valence-electron chi connectivity index (χ3n) is 7.31. The molecule has 1 atom stereocenters. The van der Waals surface area contributed by atoms with Crippen LogP contribution in [0, 0.1) is 6.92 Å². The van der Waals surface area contributed by atoms with Crippen molar-refractivity contribution in [1.82, 2.24) is 19.9 Å². The quantitative estimate of drug-likeness (QED) is 0.305. The first-order chi connectivity index (χ1) is 17.1. The minimum Gasteiger partial charge on any atom is -0.488 e. The van der Waals surface area contributed by atoms with Crippen molar-refractivity contribution in [2.24, 2.45) is 0 Å². The van der Waals surface area contributed by atoms with Crippen LogP contribution in [-0.4, -0.2) is 19.9 Å². The van der Waals surface area contributed by atoms with E-state index in [9.17, 15) is 0 Å².